The Morgan fingerprint density at radius 3 is 2.26 bits per heavy atom. The largest absolute Gasteiger partial charge is 0.498 e. The van der Waals surface area contributed by atoms with Gasteiger partial charge in [0.15, 0.2) is 11.5 Å². The smallest absolute Gasteiger partial charge is 0.312 e. The first kappa shape index (κ1) is 22.6. The molecule has 2 aliphatic rings. The molecule has 0 saturated carbocycles. The molecule has 0 spiro atoms. The second-order valence-corrected chi connectivity index (χ2v) is 7.55. The second-order valence-electron chi connectivity index (χ2n) is 7.55. The van der Waals surface area contributed by atoms with Gasteiger partial charge < -0.3 is 35.1 Å². The lowest BCUT2D eigenvalue weighted by Gasteiger charge is -2.24. The van der Waals surface area contributed by atoms with Crippen molar-refractivity contribution in [3.8, 4) is 17.2 Å². The molecule has 0 aliphatic heterocycles. The summed E-state index contributed by atoms with van der Waals surface area (Å²) in [7, 11) is 6.26. The average molecular weight is 431 g/mol. The maximum atomic E-state index is 11.8. The zero-order chi connectivity index (χ0) is 22.9. The van der Waals surface area contributed by atoms with E-state index in [2.05, 4.69) is 5.32 Å². The van der Waals surface area contributed by atoms with Crippen LogP contribution >= 0.6 is 0 Å². The Labute approximate surface area is 182 Å². The van der Waals surface area contributed by atoms with Gasteiger partial charge in [-0.1, -0.05) is 0 Å². The Morgan fingerprint density at radius 2 is 1.71 bits per heavy atom. The zero-order valence-electron chi connectivity index (χ0n) is 18.8. The minimum absolute atomic E-state index is 0.407. The number of nitrogens with one attached hydrogen (secondary N) is 1. The second kappa shape index (κ2) is 8.93. The number of hydrogen-bond acceptors (Lipinski definition) is 6. The topological polar surface area (TPSA) is 112 Å². The molecule has 2 amide bonds. The van der Waals surface area contributed by atoms with Crippen molar-refractivity contribution in [2.45, 2.75) is 38.8 Å². The van der Waals surface area contributed by atoms with Gasteiger partial charge in [0.2, 0.25) is 5.75 Å². The van der Waals surface area contributed by atoms with Gasteiger partial charge in [0.1, 0.15) is 11.9 Å². The van der Waals surface area contributed by atoms with E-state index in [0.717, 1.165) is 33.4 Å². The minimum atomic E-state index is -0.972. The van der Waals surface area contributed by atoms with E-state index in [9.17, 15) is 9.90 Å². The van der Waals surface area contributed by atoms with Gasteiger partial charge in [-0.15, -0.1) is 0 Å². The van der Waals surface area contributed by atoms with Crippen molar-refractivity contribution in [3.63, 3.8) is 0 Å². The molecule has 4 N–H and O–H groups in total. The first-order valence-electron chi connectivity index (χ1n) is 10.0. The van der Waals surface area contributed by atoms with Crippen LogP contribution in [0, 0.1) is 6.92 Å². The Kier molecular flexibility index (Phi) is 6.50. The number of aliphatic hydroxyl groups excluding tert-OH is 1. The molecule has 0 unspecified atom stereocenters. The highest BCUT2D eigenvalue weighted by Gasteiger charge is 2.35. The first-order valence-corrected chi connectivity index (χ1v) is 10.0. The van der Waals surface area contributed by atoms with E-state index in [1.165, 1.54) is 7.11 Å². The molecule has 168 valence electrons. The number of urea groups is 1. The van der Waals surface area contributed by atoms with E-state index >= 15 is 0 Å². The quantitative estimate of drug-likeness (QED) is 0.662. The summed E-state index contributed by atoms with van der Waals surface area (Å²) in [6.45, 7) is 3.84. The van der Waals surface area contributed by atoms with Crippen LogP contribution in [0.15, 0.2) is 29.1 Å². The molecule has 0 radical (unpaired) electrons. The van der Waals surface area contributed by atoms with Crippen molar-refractivity contribution in [1.82, 2.24) is 5.32 Å². The Morgan fingerprint density at radius 1 is 1.06 bits per heavy atom. The summed E-state index contributed by atoms with van der Waals surface area (Å²) < 4.78 is 22.6. The highest BCUT2D eigenvalue weighted by atomic mass is 16.5. The number of carbonyl (C=O) groups excluding carboxylic acids is 1. The molecule has 0 heterocycles. The molecule has 1 aromatic carbocycles. The molecule has 8 nitrogen and oxygen atoms in total. The summed E-state index contributed by atoms with van der Waals surface area (Å²) in [5, 5.41) is 13.6. The van der Waals surface area contributed by atoms with Crippen LogP contribution in [-0.4, -0.2) is 51.7 Å². The molecule has 2 atom stereocenters. The maximum absolute atomic E-state index is 11.8. The van der Waals surface area contributed by atoms with Crippen molar-refractivity contribution >= 4 is 11.6 Å². The molecule has 0 bridgehead atoms. The van der Waals surface area contributed by atoms with E-state index in [4.69, 9.17) is 24.7 Å². The van der Waals surface area contributed by atoms with Crippen LogP contribution in [0.5, 0.6) is 17.2 Å². The molecule has 0 fully saturated rings. The third-order valence-corrected chi connectivity index (χ3v) is 5.88. The summed E-state index contributed by atoms with van der Waals surface area (Å²) in [6.07, 6.45) is 3.87. The number of primary amides is 1. The number of allylic oxidation sites excluding steroid dienone is 2. The van der Waals surface area contributed by atoms with Gasteiger partial charge in [0.25, 0.3) is 0 Å². The average Bonchev–Trinajstić information content (AvgIpc) is 2.94. The van der Waals surface area contributed by atoms with Crippen molar-refractivity contribution in [3.05, 3.63) is 45.7 Å². The minimum Gasteiger partial charge on any atom is -0.498 e. The van der Waals surface area contributed by atoms with Gasteiger partial charge in [0.05, 0.1) is 34.5 Å². The number of fused-ring (bicyclic) bond motifs is 3. The van der Waals surface area contributed by atoms with E-state index < -0.39 is 18.2 Å². The summed E-state index contributed by atoms with van der Waals surface area (Å²) in [6, 6.07) is -1.04. The molecular weight excluding hydrogens is 400 g/mol. The molecule has 0 aromatic heterocycles. The predicted molar refractivity (Wildman–Crippen MR) is 117 cm³/mol. The highest BCUT2D eigenvalue weighted by Crippen LogP contribution is 2.51. The number of nitrogens with two attached hydrogens (primary N) is 1. The number of benzene rings is 1. The van der Waals surface area contributed by atoms with Crippen LogP contribution in [0.4, 0.5) is 4.79 Å². The zero-order valence-corrected chi connectivity index (χ0v) is 18.8. The number of ether oxygens (including phenoxy) is 4. The van der Waals surface area contributed by atoms with Gasteiger partial charge in [-0.25, -0.2) is 4.79 Å². The third-order valence-electron chi connectivity index (χ3n) is 5.88. The highest BCUT2D eigenvalue weighted by molar-refractivity contribution is 5.91. The molecule has 8 heteroatoms. The number of rotatable bonds is 5. The monoisotopic (exact) mass is 430 g/mol. The Balaban J connectivity index is 2.42. The van der Waals surface area contributed by atoms with Crippen molar-refractivity contribution < 1.29 is 28.8 Å². The van der Waals surface area contributed by atoms with Crippen molar-refractivity contribution in [2.75, 3.05) is 28.4 Å². The van der Waals surface area contributed by atoms with Crippen LogP contribution in [0.25, 0.3) is 5.57 Å². The molecule has 2 aliphatic carbocycles. The van der Waals surface area contributed by atoms with Gasteiger partial charge in [-0.05, 0) is 66.7 Å². The van der Waals surface area contributed by atoms with E-state index in [0.29, 0.717) is 35.8 Å². The van der Waals surface area contributed by atoms with Gasteiger partial charge in [-0.2, -0.15) is 0 Å². The molecular formula is C23H30N2O6. The van der Waals surface area contributed by atoms with Crippen LogP contribution < -0.4 is 25.3 Å². The first-order chi connectivity index (χ1) is 14.8. The lowest BCUT2D eigenvalue weighted by atomic mass is 9.89. The molecule has 0 saturated heterocycles. The summed E-state index contributed by atoms with van der Waals surface area (Å²) in [5.74, 6) is 2.05. The number of carbonyl (C=O) groups is 1. The van der Waals surface area contributed by atoms with Crippen molar-refractivity contribution in [2.24, 2.45) is 5.73 Å². The normalized spacial score (nSPS) is 20.4. The van der Waals surface area contributed by atoms with Gasteiger partial charge in [0, 0.05) is 5.56 Å². The summed E-state index contributed by atoms with van der Waals surface area (Å²) in [4.78, 5) is 11.8. The van der Waals surface area contributed by atoms with Crippen LogP contribution in [0.2, 0.25) is 0 Å². The van der Waals surface area contributed by atoms with E-state index in [1.54, 1.807) is 27.4 Å². The standard InChI is InChI=1S/C23H30N2O6/c1-11-9-15-14(10-17(26)19(11)28-3)16(25-23(24)27)8-7-13-12(2)20(29-4)22(31-6)21(30-5)18(13)15/h9-10,16-17,26H,7-8H2,1-6H3,(H3,24,25,27)/t16-,17-/m0/s1. The molecule has 1 aromatic rings. The number of hydrogen-bond donors (Lipinski definition) is 3. The van der Waals surface area contributed by atoms with Gasteiger partial charge in [-0.3, -0.25) is 0 Å². The molecule has 31 heavy (non-hydrogen) atoms. The number of aliphatic hydroxyl groups is 1. The Bertz CT molecular complexity index is 993. The number of amides is 2. The Hall–Kier alpha value is -3.13. The van der Waals surface area contributed by atoms with E-state index in [1.807, 2.05) is 19.9 Å². The fourth-order valence-electron chi connectivity index (χ4n) is 4.58. The predicted octanol–water partition coefficient (Wildman–Crippen LogP) is 2.61. The van der Waals surface area contributed by atoms with E-state index in [-0.39, 0.29) is 0 Å². The fraction of sp³-hybridized carbons (Fsp3) is 0.435. The van der Waals surface area contributed by atoms with Crippen LogP contribution in [0.1, 0.15) is 30.0 Å². The fourth-order valence-corrected chi connectivity index (χ4v) is 4.58. The summed E-state index contributed by atoms with van der Waals surface area (Å²) in [5.41, 5.74) is 10.6. The third kappa shape index (κ3) is 3.83. The summed E-state index contributed by atoms with van der Waals surface area (Å²) >= 11 is 0. The lowest BCUT2D eigenvalue weighted by Crippen LogP contribution is -2.40. The maximum Gasteiger partial charge on any atom is 0.312 e. The van der Waals surface area contributed by atoms with Gasteiger partial charge >= 0.3 is 6.03 Å². The van der Waals surface area contributed by atoms with Crippen molar-refractivity contribution in [1.29, 1.82) is 0 Å². The SMILES string of the molecule is COC1=C(C)C=C2C(=C[C@@H]1O)[C@@H](NC(N)=O)CCc1c(C)c(OC)c(OC)c(OC)c12. The van der Waals surface area contributed by atoms with Crippen LogP contribution in [0.3, 0.4) is 0 Å². The molecule has 3 rings (SSSR count). The van der Waals surface area contributed by atoms with Crippen LogP contribution in [-0.2, 0) is 11.2 Å². The number of methoxy groups -OCH3 is 4. The lowest BCUT2D eigenvalue weighted by molar-refractivity contribution is 0.158.